The molecule has 19 heavy (non-hydrogen) atoms. The van der Waals surface area contributed by atoms with Crippen LogP contribution in [0, 0.1) is 0 Å². The number of nitrogens with zero attached hydrogens (tertiary/aromatic N) is 5. The van der Waals surface area contributed by atoms with Crippen LogP contribution in [0.5, 0.6) is 0 Å². The second-order valence-electron chi connectivity index (χ2n) is 3.73. The molecule has 0 aromatic carbocycles. The van der Waals surface area contributed by atoms with Crippen molar-refractivity contribution in [3.05, 3.63) is 29.4 Å². The van der Waals surface area contributed by atoms with E-state index in [1.54, 1.807) is 23.1 Å². The first kappa shape index (κ1) is 12.4. The van der Waals surface area contributed by atoms with Gasteiger partial charge in [0.2, 0.25) is 5.13 Å². The molecule has 0 radical (unpaired) electrons. The SMILES string of the molecule is CCNc1nnc(CSc2nnc3ccccn23)s1. The van der Waals surface area contributed by atoms with Gasteiger partial charge < -0.3 is 5.32 Å². The van der Waals surface area contributed by atoms with Gasteiger partial charge in [-0.1, -0.05) is 29.2 Å². The predicted molar refractivity (Wildman–Crippen MR) is 76.6 cm³/mol. The van der Waals surface area contributed by atoms with Gasteiger partial charge in [-0.05, 0) is 19.1 Å². The molecule has 0 aliphatic rings. The summed E-state index contributed by atoms with van der Waals surface area (Å²) in [6, 6.07) is 5.85. The summed E-state index contributed by atoms with van der Waals surface area (Å²) < 4.78 is 1.97. The highest BCUT2D eigenvalue weighted by molar-refractivity contribution is 7.98. The van der Waals surface area contributed by atoms with Crippen LogP contribution in [0.1, 0.15) is 11.9 Å². The highest BCUT2D eigenvalue weighted by atomic mass is 32.2. The van der Waals surface area contributed by atoms with Gasteiger partial charge in [-0.15, -0.1) is 20.4 Å². The number of rotatable bonds is 5. The van der Waals surface area contributed by atoms with Crippen molar-refractivity contribution in [1.82, 2.24) is 24.8 Å². The number of hydrogen-bond acceptors (Lipinski definition) is 7. The van der Waals surface area contributed by atoms with Crippen LogP contribution in [0.15, 0.2) is 29.6 Å². The number of hydrogen-bond donors (Lipinski definition) is 1. The average Bonchev–Trinajstić information content (AvgIpc) is 3.04. The minimum Gasteiger partial charge on any atom is -0.360 e. The molecule has 0 saturated carbocycles. The van der Waals surface area contributed by atoms with Crippen molar-refractivity contribution in [1.29, 1.82) is 0 Å². The minimum atomic E-state index is 0.749. The van der Waals surface area contributed by atoms with E-state index in [1.807, 2.05) is 35.7 Å². The Kier molecular flexibility index (Phi) is 3.60. The van der Waals surface area contributed by atoms with Crippen molar-refractivity contribution < 1.29 is 0 Å². The summed E-state index contributed by atoms with van der Waals surface area (Å²) in [7, 11) is 0. The molecule has 3 rings (SSSR count). The summed E-state index contributed by atoms with van der Waals surface area (Å²) in [4.78, 5) is 0. The number of thioether (sulfide) groups is 1. The Bertz CT molecular complexity index is 676. The van der Waals surface area contributed by atoms with E-state index < -0.39 is 0 Å². The third kappa shape index (κ3) is 2.69. The predicted octanol–water partition coefficient (Wildman–Crippen LogP) is 2.30. The first-order valence-corrected chi connectivity index (χ1v) is 7.66. The molecule has 0 unspecified atom stereocenters. The molecule has 98 valence electrons. The summed E-state index contributed by atoms with van der Waals surface area (Å²) >= 11 is 3.18. The molecular formula is C11H12N6S2. The highest BCUT2D eigenvalue weighted by Gasteiger charge is 2.08. The largest absolute Gasteiger partial charge is 0.360 e. The van der Waals surface area contributed by atoms with Crippen LogP contribution in [0.2, 0.25) is 0 Å². The summed E-state index contributed by atoms with van der Waals surface area (Å²) in [5, 5.41) is 22.4. The van der Waals surface area contributed by atoms with Gasteiger partial charge in [-0.3, -0.25) is 4.40 Å². The van der Waals surface area contributed by atoms with Gasteiger partial charge in [0.05, 0.1) is 5.75 Å². The maximum absolute atomic E-state index is 4.17. The molecule has 6 nitrogen and oxygen atoms in total. The lowest BCUT2D eigenvalue weighted by atomic mass is 10.5. The maximum atomic E-state index is 4.17. The number of pyridine rings is 1. The Labute approximate surface area is 118 Å². The van der Waals surface area contributed by atoms with Crippen LogP contribution >= 0.6 is 23.1 Å². The van der Waals surface area contributed by atoms with Crippen molar-refractivity contribution in [3.63, 3.8) is 0 Å². The second kappa shape index (κ2) is 5.54. The zero-order valence-corrected chi connectivity index (χ0v) is 11.9. The maximum Gasteiger partial charge on any atom is 0.205 e. The lowest BCUT2D eigenvalue weighted by molar-refractivity contribution is 0.919. The van der Waals surface area contributed by atoms with Crippen molar-refractivity contribution in [2.75, 3.05) is 11.9 Å². The van der Waals surface area contributed by atoms with Crippen molar-refractivity contribution >= 4 is 33.9 Å². The Hall–Kier alpha value is -1.67. The molecule has 0 amide bonds. The topological polar surface area (TPSA) is 68.0 Å². The standard InChI is InChI=1S/C11H12N6S2/c1-2-12-10-15-14-9(19-10)7-18-11-16-13-8-5-3-4-6-17(8)11/h3-6H,2,7H2,1H3,(H,12,15). The van der Waals surface area contributed by atoms with Gasteiger partial charge in [0.25, 0.3) is 0 Å². The van der Waals surface area contributed by atoms with Crippen LogP contribution in [0.4, 0.5) is 5.13 Å². The fourth-order valence-electron chi connectivity index (χ4n) is 1.58. The number of anilines is 1. The van der Waals surface area contributed by atoms with Crippen molar-refractivity contribution in [2.24, 2.45) is 0 Å². The van der Waals surface area contributed by atoms with Gasteiger partial charge in [-0.2, -0.15) is 0 Å². The fourth-order valence-corrected chi connectivity index (χ4v) is 3.30. The molecule has 3 heterocycles. The van der Waals surface area contributed by atoms with E-state index in [1.165, 1.54) is 0 Å². The smallest absolute Gasteiger partial charge is 0.205 e. The van der Waals surface area contributed by atoms with Gasteiger partial charge in [-0.25, -0.2) is 0 Å². The Morgan fingerprint density at radius 2 is 2.21 bits per heavy atom. The first-order chi connectivity index (χ1) is 9.36. The second-order valence-corrected chi connectivity index (χ2v) is 5.74. The average molecular weight is 292 g/mol. The summed E-state index contributed by atoms with van der Waals surface area (Å²) in [6.07, 6.45) is 1.96. The molecule has 3 aromatic heterocycles. The van der Waals surface area contributed by atoms with Crippen LogP contribution in [-0.4, -0.2) is 31.3 Å². The molecule has 0 bridgehead atoms. The molecule has 8 heteroatoms. The summed E-state index contributed by atoms with van der Waals surface area (Å²) in [6.45, 7) is 2.90. The Morgan fingerprint density at radius 1 is 1.26 bits per heavy atom. The van der Waals surface area contributed by atoms with E-state index in [4.69, 9.17) is 0 Å². The van der Waals surface area contributed by atoms with E-state index in [-0.39, 0.29) is 0 Å². The first-order valence-electron chi connectivity index (χ1n) is 5.85. The van der Waals surface area contributed by atoms with Gasteiger partial charge in [0.15, 0.2) is 10.8 Å². The molecular weight excluding hydrogens is 280 g/mol. The van der Waals surface area contributed by atoms with Gasteiger partial charge in [0, 0.05) is 12.7 Å². The molecule has 0 spiro atoms. The number of nitrogens with one attached hydrogen (secondary N) is 1. The van der Waals surface area contributed by atoms with E-state index in [0.29, 0.717) is 0 Å². The zero-order valence-electron chi connectivity index (χ0n) is 10.3. The Balaban J connectivity index is 1.71. The molecule has 0 saturated heterocycles. The summed E-state index contributed by atoms with van der Waals surface area (Å²) in [5.41, 5.74) is 0.857. The molecule has 0 fully saturated rings. The van der Waals surface area contributed by atoms with Crippen LogP contribution in [0.25, 0.3) is 5.65 Å². The third-order valence-electron chi connectivity index (χ3n) is 2.40. The van der Waals surface area contributed by atoms with E-state index in [9.17, 15) is 0 Å². The normalized spacial score (nSPS) is 11.0. The lowest BCUT2D eigenvalue weighted by Crippen LogP contribution is -1.94. The minimum absolute atomic E-state index is 0.749. The van der Waals surface area contributed by atoms with E-state index >= 15 is 0 Å². The molecule has 0 atom stereocenters. The molecule has 3 aromatic rings. The quantitative estimate of drug-likeness (QED) is 0.728. The molecule has 1 N–H and O–H groups in total. The van der Waals surface area contributed by atoms with Gasteiger partial charge in [0.1, 0.15) is 5.01 Å². The number of aromatic nitrogens is 5. The Morgan fingerprint density at radius 3 is 3.11 bits per heavy atom. The van der Waals surface area contributed by atoms with E-state index in [2.05, 4.69) is 25.7 Å². The van der Waals surface area contributed by atoms with Crippen LogP contribution in [-0.2, 0) is 5.75 Å². The van der Waals surface area contributed by atoms with Crippen LogP contribution in [0.3, 0.4) is 0 Å². The zero-order chi connectivity index (χ0) is 13.1. The van der Waals surface area contributed by atoms with E-state index in [0.717, 1.165) is 33.2 Å². The third-order valence-corrected chi connectivity index (χ3v) is 4.42. The lowest BCUT2D eigenvalue weighted by Gasteiger charge is -1.96. The molecule has 0 aliphatic carbocycles. The molecule has 0 aliphatic heterocycles. The monoisotopic (exact) mass is 292 g/mol. The highest BCUT2D eigenvalue weighted by Crippen LogP contribution is 2.24. The number of fused-ring (bicyclic) bond motifs is 1. The summed E-state index contributed by atoms with van der Waals surface area (Å²) in [5.74, 6) is 0.749. The van der Waals surface area contributed by atoms with Crippen LogP contribution < -0.4 is 5.32 Å². The fraction of sp³-hybridized carbons (Fsp3) is 0.273. The van der Waals surface area contributed by atoms with Gasteiger partial charge >= 0.3 is 0 Å². The van der Waals surface area contributed by atoms with Crippen molar-refractivity contribution in [3.8, 4) is 0 Å². The van der Waals surface area contributed by atoms with Crippen molar-refractivity contribution in [2.45, 2.75) is 17.8 Å².